The Morgan fingerprint density at radius 1 is 1.10 bits per heavy atom. The molecular formula is C22H27N3O6. The lowest BCUT2D eigenvalue weighted by molar-refractivity contribution is -0.144. The molecule has 2 amide bonds. The molecule has 9 heteroatoms. The Balaban J connectivity index is 2.52. The van der Waals surface area contributed by atoms with Gasteiger partial charge in [0.25, 0.3) is 0 Å². The van der Waals surface area contributed by atoms with Crippen LogP contribution in [-0.2, 0) is 25.6 Å². The van der Waals surface area contributed by atoms with Crippen LogP contribution in [-0.4, -0.2) is 43.5 Å². The monoisotopic (exact) mass is 429 g/mol. The number of rotatable bonds is 10. The summed E-state index contributed by atoms with van der Waals surface area (Å²) in [6, 6.07) is 10.2. The van der Waals surface area contributed by atoms with Crippen molar-refractivity contribution < 1.29 is 28.6 Å². The summed E-state index contributed by atoms with van der Waals surface area (Å²) in [7, 11) is 0. The minimum absolute atomic E-state index is 0.00603. The molecule has 1 aromatic carbocycles. The van der Waals surface area contributed by atoms with Gasteiger partial charge in [-0.3, -0.25) is 4.79 Å². The molecule has 2 N–H and O–H groups in total. The van der Waals surface area contributed by atoms with Gasteiger partial charge >= 0.3 is 18.2 Å². The predicted molar refractivity (Wildman–Crippen MR) is 111 cm³/mol. The highest BCUT2D eigenvalue weighted by molar-refractivity contribution is 5.69. The average Bonchev–Trinajstić information content (AvgIpc) is 2.75. The van der Waals surface area contributed by atoms with E-state index in [1.165, 1.54) is 0 Å². The molecule has 0 radical (unpaired) electrons. The molecule has 0 saturated carbocycles. The third-order valence-electron chi connectivity index (χ3n) is 3.80. The van der Waals surface area contributed by atoms with Gasteiger partial charge in [-0.05, 0) is 12.0 Å². The van der Waals surface area contributed by atoms with E-state index >= 15 is 0 Å². The maximum absolute atomic E-state index is 11.9. The van der Waals surface area contributed by atoms with E-state index in [0.717, 1.165) is 18.9 Å². The summed E-state index contributed by atoms with van der Waals surface area (Å²) in [4.78, 5) is 34.8. The fraction of sp³-hybridized carbons (Fsp3) is 0.455. The topological polar surface area (TPSA) is 127 Å². The fourth-order valence-electron chi connectivity index (χ4n) is 2.25. The van der Waals surface area contributed by atoms with E-state index in [0.29, 0.717) is 6.42 Å². The van der Waals surface area contributed by atoms with Crippen LogP contribution in [0.4, 0.5) is 9.59 Å². The Labute approximate surface area is 182 Å². The van der Waals surface area contributed by atoms with E-state index in [-0.39, 0.29) is 26.2 Å². The Hall–Kier alpha value is -3.72. The number of amides is 2. The molecule has 0 aliphatic carbocycles. The number of unbranched alkanes of at least 4 members (excludes halogenated alkanes) is 1. The summed E-state index contributed by atoms with van der Waals surface area (Å²) in [5.74, 6) is 4.78. The molecule has 0 saturated heterocycles. The number of hydrogen-bond donors (Lipinski definition) is 2. The van der Waals surface area contributed by atoms with Gasteiger partial charge in [0.1, 0.15) is 12.7 Å². The van der Waals surface area contributed by atoms with Gasteiger partial charge in [-0.15, -0.1) is 0 Å². The molecule has 2 atom stereocenters. The van der Waals surface area contributed by atoms with Crippen molar-refractivity contribution in [1.29, 1.82) is 5.26 Å². The van der Waals surface area contributed by atoms with Crippen LogP contribution >= 0.6 is 0 Å². The number of carbonyl (C=O) groups excluding carboxylic acids is 3. The van der Waals surface area contributed by atoms with Gasteiger partial charge < -0.3 is 24.8 Å². The molecule has 9 nitrogen and oxygen atoms in total. The first-order chi connectivity index (χ1) is 15.0. The van der Waals surface area contributed by atoms with Crippen molar-refractivity contribution in [2.24, 2.45) is 0 Å². The smallest absolute Gasteiger partial charge is 0.408 e. The lowest BCUT2D eigenvalue weighted by atomic mass is 10.1. The second-order valence-electron chi connectivity index (χ2n) is 6.37. The number of nitriles is 1. The first-order valence-corrected chi connectivity index (χ1v) is 9.86. The molecule has 166 valence electrons. The summed E-state index contributed by atoms with van der Waals surface area (Å²) in [5.41, 5.74) is 0.858. The number of esters is 1. The number of nitrogens with zero attached hydrogens (tertiary/aromatic N) is 1. The van der Waals surface area contributed by atoms with E-state index in [1.807, 2.05) is 43.3 Å². The molecular weight excluding hydrogens is 402 g/mol. The maximum atomic E-state index is 11.9. The Morgan fingerprint density at radius 2 is 1.84 bits per heavy atom. The van der Waals surface area contributed by atoms with E-state index in [1.54, 1.807) is 0 Å². The van der Waals surface area contributed by atoms with Gasteiger partial charge in [-0.25, -0.2) is 9.59 Å². The standard InChI is InChI=1S/C22H27N3O6/c1-3-4-14-29-22(28)25-19(20(15-23)31-17(2)26)12-8-9-13-24-21(27)30-16-18-10-6-5-7-11-18/h5-7,10-11,19-20H,3-4,12-14,16H2,1-2H3,(H,24,27)(H,25,28). The molecule has 2 unspecified atom stereocenters. The largest absolute Gasteiger partial charge is 0.450 e. The van der Waals surface area contributed by atoms with Crippen molar-refractivity contribution in [2.45, 2.75) is 51.9 Å². The zero-order valence-electron chi connectivity index (χ0n) is 17.7. The highest BCUT2D eigenvalue weighted by Gasteiger charge is 2.25. The lowest BCUT2D eigenvalue weighted by Crippen LogP contribution is -2.44. The molecule has 0 aliphatic heterocycles. The van der Waals surface area contributed by atoms with Crippen LogP contribution in [0.2, 0.25) is 0 Å². The van der Waals surface area contributed by atoms with Crippen molar-refractivity contribution in [2.75, 3.05) is 13.2 Å². The summed E-state index contributed by atoms with van der Waals surface area (Å²) < 4.78 is 15.0. The van der Waals surface area contributed by atoms with Gasteiger partial charge in [0, 0.05) is 13.3 Å². The van der Waals surface area contributed by atoms with Crippen molar-refractivity contribution in [3.05, 3.63) is 35.9 Å². The zero-order valence-corrected chi connectivity index (χ0v) is 17.7. The molecule has 1 rings (SSSR count). The minimum Gasteiger partial charge on any atom is -0.450 e. The molecule has 31 heavy (non-hydrogen) atoms. The highest BCUT2D eigenvalue weighted by atomic mass is 16.6. The molecule has 0 spiro atoms. The first kappa shape index (κ1) is 25.3. The average molecular weight is 429 g/mol. The van der Waals surface area contributed by atoms with E-state index in [9.17, 15) is 19.6 Å². The predicted octanol–water partition coefficient (Wildman–Crippen LogP) is 2.66. The third kappa shape index (κ3) is 11.8. The van der Waals surface area contributed by atoms with Crippen molar-refractivity contribution >= 4 is 18.2 Å². The maximum Gasteiger partial charge on any atom is 0.408 e. The van der Waals surface area contributed by atoms with Gasteiger partial charge in [-0.1, -0.05) is 55.5 Å². The van der Waals surface area contributed by atoms with Crippen LogP contribution in [0.3, 0.4) is 0 Å². The van der Waals surface area contributed by atoms with E-state index < -0.39 is 30.3 Å². The lowest BCUT2D eigenvalue weighted by Gasteiger charge is -2.20. The zero-order chi connectivity index (χ0) is 22.9. The number of carbonyl (C=O) groups is 3. The second-order valence-corrected chi connectivity index (χ2v) is 6.37. The normalized spacial score (nSPS) is 11.5. The van der Waals surface area contributed by atoms with Crippen LogP contribution in [0.5, 0.6) is 0 Å². The summed E-state index contributed by atoms with van der Waals surface area (Å²) in [6.45, 7) is 3.50. The first-order valence-electron chi connectivity index (χ1n) is 9.86. The van der Waals surface area contributed by atoms with Crippen LogP contribution in [0, 0.1) is 23.2 Å². The van der Waals surface area contributed by atoms with Crippen LogP contribution in [0.25, 0.3) is 0 Å². The van der Waals surface area contributed by atoms with Gasteiger partial charge in [-0.2, -0.15) is 5.26 Å². The summed E-state index contributed by atoms with van der Waals surface area (Å²) in [5, 5.41) is 14.2. The Kier molecular flexibility index (Phi) is 12.4. The molecule has 0 bridgehead atoms. The van der Waals surface area contributed by atoms with Crippen molar-refractivity contribution in [3.63, 3.8) is 0 Å². The molecule has 0 aromatic heterocycles. The number of ether oxygens (including phenoxy) is 3. The van der Waals surface area contributed by atoms with Gasteiger partial charge in [0.15, 0.2) is 0 Å². The van der Waals surface area contributed by atoms with Gasteiger partial charge in [0.05, 0.1) is 19.2 Å². The van der Waals surface area contributed by atoms with E-state index in [4.69, 9.17) is 14.2 Å². The van der Waals surface area contributed by atoms with Crippen molar-refractivity contribution in [3.8, 4) is 17.9 Å². The molecule has 1 aromatic rings. The second kappa shape index (κ2) is 15.2. The van der Waals surface area contributed by atoms with Crippen LogP contribution in [0.15, 0.2) is 30.3 Å². The van der Waals surface area contributed by atoms with E-state index in [2.05, 4.69) is 22.5 Å². The van der Waals surface area contributed by atoms with Crippen LogP contribution < -0.4 is 10.6 Å². The SMILES string of the molecule is CCCCOC(=O)NC(CC#CCNC(=O)OCc1ccccc1)C(C#N)OC(C)=O. The highest BCUT2D eigenvalue weighted by Crippen LogP contribution is 2.05. The Bertz CT molecular complexity index is 810. The number of hydrogen-bond acceptors (Lipinski definition) is 7. The fourth-order valence-corrected chi connectivity index (χ4v) is 2.25. The van der Waals surface area contributed by atoms with Crippen LogP contribution in [0.1, 0.15) is 38.7 Å². The number of alkyl carbamates (subject to hydrolysis) is 2. The third-order valence-corrected chi connectivity index (χ3v) is 3.80. The molecule has 0 heterocycles. The molecule has 0 fully saturated rings. The van der Waals surface area contributed by atoms with Gasteiger partial charge in [0.2, 0.25) is 6.10 Å². The minimum atomic E-state index is -1.23. The van der Waals surface area contributed by atoms with Crippen molar-refractivity contribution in [1.82, 2.24) is 10.6 Å². The Morgan fingerprint density at radius 3 is 2.48 bits per heavy atom. The summed E-state index contributed by atoms with van der Waals surface area (Å²) >= 11 is 0. The number of benzene rings is 1. The number of nitrogens with one attached hydrogen (secondary N) is 2. The summed E-state index contributed by atoms with van der Waals surface area (Å²) in [6.07, 6.45) is -1.01. The molecule has 0 aliphatic rings. The quantitative estimate of drug-likeness (QED) is 0.253.